The fourth-order valence-corrected chi connectivity index (χ4v) is 0.409. The summed E-state index contributed by atoms with van der Waals surface area (Å²) in [4.78, 5) is 1.87. The lowest BCUT2D eigenvalue weighted by molar-refractivity contribution is 1.56. The van der Waals surface area contributed by atoms with Gasteiger partial charge in [-0.15, -0.1) is 0 Å². The van der Waals surface area contributed by atoms with Crippen LogP contribution >= 0.6 is 15.9 Å². The molecule has 0 aliphatic carbocycles. The minimum absolute atomic E-state index is 1.19. The maximum Gasteiger partial charge on any atom is -0.0160 e. The Hall–Kier alpha value is -0.300. The molecule has 0 fully saturated rings. The van der Waals surface area contributed by atoms with Gasteiger partial charge in [0.15, 0.2) is 0 Å². The molecule has 0 aromatic carbocycles. The standard InChI is InChI=1S/C7H9Br/c1-3-4-5-7(2)6-8/h3-6H,1H2,2H3/b5-4-,7-6+. The predicted molar refractivity (Wildman–Crippen MR) is 42.0 cm³/mol. The second-order valence-electron chi connectivity index (χ2n) is 1.45. The van der Waals surface area contributed by atoms with Crippen molar-refractivity contribution in [2.75, 3.05) is 0 Å². The molecule has 0 spiro atoms. The Bertz CT molecular complexity index is 120. The molecule has 0 nitrogen and oxygen atoms in total. The molecule has 0 saturated carbocycles. The first-order valence-corrected chi connectivity index (χ1v) is 3.29. The van der Waals surface area contributed by atoms with Crippen LogP contribution in [-0.4, -0.2) is 0 Å². The van der Waals surface area contributed by atoms with Gasteiger partial charge in [0.05, 0.1) is 0 Å². The molecule has 0 bridgehead atoms. The molecule has 0 heterocycles. The first-order valence-electron chi connectivity index (χ1n) is 2.37. The number of hydrogen-bond acceptors (Lipinski definition) is 0. The first kappa shape index (κ1) is 7.70. The fraction of sp³-hybridized carbons (Fsp3) is 0.143. The molecule has 0 aromatic rings. The molecule has 0 rings (SSSR count). The lowest BCUT2D eigenvalue weighted by atomic mass is 10.3. The summed E-state index contributed by atoms with van der Waals surface area (Å²) in [7, 11) is 0. The minimum atomic E-state index is 1.19. The average molecular weight is 173 g/mol. The Balaban J connectivity index is 3.69. The summed E-state index contributed by atoms with van der Waals surface area (Å²) in [6, 6.07) is 0. The van der Waals surface area contributed by atoms with Crippen molar-refractivity contribution in [1.82, 2.24) is 0 Å². The van der Waals surface area contributed by atoms with Crippen LogP contribution in [0.2, 0.25) is 0 Å². The number of allylic oxidation sites excluding steroid dienone is 4. The van der Waals surface area contributed by atoms with Gasteiger partial charge in [-0.3, -0.25) is 0 Å². The van der Waals surface area contributed by atoms with Crippen molar-refractivity contribution in [3.63, 3.8) is 0 Å². The molecular formula is C7H9Br. The normalized spacial score (nSPS) is 12.5. The molecule has 0 aromatic heterocycles. The Morgan fingerprint density at radius 2 is 2.25 bits per heavy atom. The van der Waals surface area contributed by atoms with Gasteiger partial charge in [-0.05, 0) is 17.5 Å². The Morgan fingerprint density at radius 3 is 2.62 bits per heavy atom. The van der Waals surface area contributed by atoms with E-state index in [4.69, 9.17) is 0 Å². The zero-order valence-electron chi connectivity index (χ0n) is 4.89. The van der Waals surface area contributed by atoms with Crippen molar-refractivity contribution >= 4 is 15.9 Å². The van der Waals surface area contributed by atoms with Gasteiger partial charge in [-0.1, -0.05) is 40.7 Å². The van der Waals surface area contributed by atoms with Gasteiger partial charge in [0.2, 0.25) is 0 Å². The van der Waals surface area contributed by atoms with Crippen LogP contribution < -0.4 is 0 Å². The maximum absolute atomic E-state index is 3.54. The van der Waals surface area contributed by atoms with Crippen molar-refractivity contribution in [2.45, 2.75) is 6.92 Å². The van der Waals surface area contributed by atoms with E-state index in [-0.39, 0.29) is 0 Å². The van der Waals surface area contributed by atoms with Gasteiger partial charge in [0.1, 0.15) is 0 Å². The highest BCUT2D eigenvalue weighted by Crippen LogP contribution is 1.97. The number of hydrogen-bond donors (Lipinski definition) is 0. The molecule has 8 heavy (non-hydrogen) atoms. The summed E-state index contributed by atoms with van der Waals surface area (Å²) in [5, 5.41) is 0. The molecule has 1 heteroatoms. The number of rotatable bonds is 2. The Kier molecular flexibility index (Phi) is 4.67. The van der Waals surface area contributed by atoms with E-state index in [1.165, 1.54) is 5.57 Å². The van der Waals surface area contributed by atoms with Gasteiger partial charge >= 0.3 is 0 Å². The third-order valence-electron chi connectivity index (χ3n) is 0.667. The van der Waals surface area contributed by atoms with Crippen LogP contribution in [0.25, 0.3) is 0 Å². The van der Waals surface area contributed by atoms with Crippen LogP contribution in [0, 0.1) is 0 Å². The van der Waals surface area contributed by atoms with E-state index in [2.05, 4.69) is 22.5 Å². The fourth-order valence-electron chi connectivity index (χ4n) is 0.256. The van der Waals surface area contributed by atoms with Gasteiger partial charge in [0.25, 0.3) is 0 Å². The summed E-state index contributed by atoms with van der Waals surface area (Å²) in [5.74, 6) is 0. The summed E-state index contributed by atoms with van der Waals surface area (Å²) >= 11 is 3.20. The van der Waals surface area contributed by atoms with Crippen LogP contribution in [-0.2, 0) is 0 Å². The predicted octanol–water partition coefficient (Wildman–Crippen LogP) is 3.03. The zero-order valence-corrected chi connectivity index (χ0v) is 6.48. The summed E-state index contributed by atoms with van der Waals surface area (Å²) in [6.07, 6.45) is 5.62. The van der Waals surface area contributed by atoms with E-state index in [0.29, 0.717) is 0 Å². The van der Waals surface area contributed by atoms with Crippen molar-refractivity contribution in [3.8, 4) is 0 Å². The summed E-state index contributed by atoms with van der Waals surface area (Å²) < 4.78 is 0. The second-order valence-corrected chi connectivity index (χ2v) is 1.91. The van der Waals surface area contributed by atoms with Crippen molar-refractivity contribution in [2.24, 2.45) is 0 Å². The van der Waals surface area contributed by atoms with E-state index in [1.54, 1.807) is 6.08 Å². The summed E-state index contributed by atoms with van der Waals surface area (Å²) in [5.41, 5.74) is 1.19. The Morgan fingerprint density at radius 1 is 1.62 bits per heavy atom. The van der Waals surface area contributed by atoms with E-state index in [1.807, 2.05) is 24.1 Å². The average Bonchev–Trinajstić information content (AvgIpc) is 1.83. The maximum atomic E-state index is 3.54. The van der Waals surface area contributed by atoms with Gasteiger partial charge in [-0.25, -0.2) is 0 Å². The third kappa shape index (κ3) is 3.88. The van der Waals surface area contributed by atoms with E-state index in [0.717, 1.165) is 0 Å². The summed E-state index contributed by atoms with van der Waals surface area (Å²) in [6.45, 7) is 5.55. The van der Waals surface area contributed by atoms with Crippen LogP contribution in [0.4, 0.5) is 0 Å². The van der Waals surface area contributed by atoms with E-state index in [9.17, 15) is 0 Å². The molecular weight excluding hydrogens is 164 g/mol. The van der Waals surface area contributed by atoms with Crippen LogP contribution in [0.1, 0.15) is 6.92 Å². The largest absolute Gasteiger partial charge is 0.0991 e. The molecule has 0 aliphatic rings. The lowest BCUT2D eigenvalue weighted by Crippen LogP contribution is -1.59. The number of halogens is 1. The smallest absolute Gasteiger partial charge is 0.0160 e. The van der Waals surface area contributed by atoms with Gasteiger partial charge in [-0.2, -0.15) is 0 Å². The van der Waals surface area contributed by atoms with E-state index >= 15 is 0 Å². The molecule has 0 amide bonds. The first-order chi connectivity index (χ1) is 3.81. The third-order valence-corrected chi connectivity index (χ3v) is 1.39. The van der Waals surface area contributed by atoms with Crippen molar-refractivity contribution in [1.29, 1.82) is 0 Å². The van der Waals surface area contributed by atoms with Gasteiger partial charge < -0.3 is 0 Å². The second kappa shape index (κ2) is 4.85. The molecule has 0 saturated heterocycles. The SMILES string of the molecule is C=C/C=C\C(C)=C\Br. The zero-order chi connectivity index (χ0) is 6.41. The van der Waals surface area contributed by atoms with Crippen LogP contribution in [0.15, 0.2) is 35.4 Å². The highest BCUT2D eigenvalue weighted by atomic mass is 79.9. The molecule has 0 N–H and O–H groups in total. The lowest BCUT2D eigenvalue weighted by Gasteiger charge is -1.81. The monoisotopic (exact) mass is 172 g/mol. The quantitative estimate of drug-likeness (QED) is 0.563. The van der Waals surface area contributed by atoms with Crippen molar-refractivity contribution < 1.29 is 0 Å². The van der Waals surface area contributed by atoms with E-state index < -0.39 is 0 Å². The molecule has 44 valence electrons. The molecule has 0 aliphatic heterocycles. The van der Waals surface area contributed by atoms with Crippen LogP contribution in [0.5, 0.6) is 0 Å². The molecule has 0 atom stereocenters. The minimum Gasteiger partial charge on any atom is -0.0991 e. The van der Waals surface area contributed by atoms with Crippen LogP contribution in [0.3, 0.4) is 0 Å². The molecule has 0 radical (unpaired) electrons. The van der Waals surface area contributed by atoms with Crippen molar-refractivity contribution in [3.05, 3.63) is 35.4 Å². The van der Waals surface area contributed by atoms with Gasteiger partial charge in [0, 0.05) is 0 Å². The molecule has 0 unspecified atom stereocenters. The Labute approximate surface area is 58.7 Å². The topological polar surface area (TPSA) is 0 Å². The highest BCUT2D eigenvalue weighted by Gasteiger charge is 1.72. The highest BCUT2D eigenvalue weighted by molar-refractivity contribution is 9.11.